The zero-order valence-corrected chi connectivity index (χ0v) is 15.8. The Morgan fingerprint density at radius 3 is 2.38 bits per heavy atom. The lowest BCUT2D eigenvalue weighted by Gasteiger charge is -2.34. The molecule has 140 valence electrons. The molecular formula is C18H26N6O2. The summed E-state index contributed by atoms with van der Waals surface area (Å²) in [5, 5.41) is 6.89. The summed E-state index contributed by atoms with van der Waals surface area (Å²) in [6.45, 7) is 11.7. The van der Waals surface area contributed by atoms with Gasteiger partial charge in [-0.1, -0.05) is 25.9 Å². The minimum absolute atomic E-state index is 0.110. The third-order valence-corrected chi connectivity index (χ3v) is 4.30. The van der Waals surface area contributed by atoms with Crippen molar-refractivity contribution in [3.8, 4) is 0 Å². The molecule has 0 unspecified atom stereocenters. The van der Waals surface area contributed by atoms with E-state index in [1.807, 2.05) is 17.9 Å². The predicted molar refractivity (Wildman–Crippen MR) is 97.8 cm³/mol. The van der Waals surface area contributed by atoms with Gasteiger partial charge in [-0.3, -0.25) is 4.90 Å². The molecule has 0 radical (unpaired) electrons. The molecule has 1 N–H and O–H groups in total. The van der Waals surface area contributed by atoms with Crippen molar-refractivity contribution in [2.75, 3.05) is 31.5 Å². The van der Waals surface area contributed by atoms with Gasteiger partial charge in [0, 0.05) is 44.2 Å². The van der Waals surface area contributed by atoms with E-state index in [1.54, 1.807) is 12.4 Å². The van der Waals surface area contributed by atoms with Crippen molar-refractivity contribution in [3.63, 3.8) is 0 Å². The van der Waals surface area contributed by atoms with Gasteiger partial charge in [-0.25, -0.2) is 14.8 Å². The SMILES string of the molecule is Cc1cc(CN2CCN(C(=O)Nc3cnc(C(C)(C)C)nc3)CC2)no1. The van der Waals surface area contributed by atoms with Crippen molar-refractivity contribution in [1.82, 2.24) is 24.9 Å². The van der Waals surface area contributed by atoms with Gasteiger partial charge in [0.15, 0.2) is 0 Å². The molecule has 2 aromatic heterocycles. The van der Waals surface area contributed by atoms with E-state index in [4.69, 9.17) is 4.52 Å². The number of anilines is 1. The first kappa shape index (κ1) is 18.3. The zero-order valence-electron chi connectivity index (χ0n) is 15.8. The molecule has 3 rings (SSSR count). The van der Waals surface area contributed by atoms with E-state index in [9.17, 15) is 4.79 Å². The number of aryl methyl sites for hydroxylation is 1. The summed E-state index contributed by atoms with van der Waals surface area (Å²) in [6, 6.07) is 1.83. The molecule has 26 heavy (non-hydrogen) atoms. The molecule has 0 spiro atoms. The van der Waals surface area contributed by atoms with Crippen molar-refractivity contribution in [2.24, 2.45) is 0 Å². The summed E-state index contributed by atoms with van der Waals surface area (Å²) >= 11 is 0. The van der Waals surface area contributed by atoms with Crippen LogP contribution in [0.4, 0.5) is 10.5 Å². The van der Waals surface area contributed by atoms with Gasteiger partial charge in [0.2, 0.25) is 0 Å². The fourth-order valence-corrected chi connectivity index (χ4v) is 2.81. The molecular weight excluding hydrogens is 332 g/mol. The van der Waals surface area contributed by atoms with Crippen LogP contribution < -0.4 is 5.32 Å². The standard InChI is InChI=1S/C18H26N6O2/c1-13-9-14(22-26-13)12-23-5-7-24(8-6-23)17(25)21-15-10-19-16(20-11-15)18(2,3)4/h9-11H,5-8,12H2,1-4H3,(H,21,25). The average Bonchev–Trinajstić information content (AvgIpc) is 3.00. The highest BCUT2D eigenvalue weighted by atomic mass is 16.5. The van der Waals surface area contributed by atoms with Gasteiger partial charge in [0.05, 0.1) is 23.8 Å². The van der Waals surface area contributed by atoms with Gasteiger partial charge in [0.25, 0.3) is 0 Å². The van der Waals surface area contributed by atoms with Gasteiger partial charge >= 0.3 is 6.03 Å². The first-order valence-electron chi connectivity index (χ1n) is 8.84. The minimum atomic E-state index is -0.117. The summed E-state index contributed by atoms with van der Waals surface area (Å²) in [5.74, 6) is 1.57. The van der Waals surface area contributed by atoms with Crippen LogP contribution in [0.2, 0.25) is 0 Å². The molecule has 0 saturated carbocycles. The second kappa shape index (κ2) is 7.41. The average molecular weight is 358 g/mol. The lowest BCUT2D eigenvalue weighted by molar-refractivity contribution is 0.141. The maximum Gasteiger partial charge on any atom is 0.322 e. The van der Waals surface area contributed by atoms with Crippen LogP contribution in [0.15, 0.2) is 23.0 Å². The third-order valence-electron chi connectivity index (χ3n) is 4.30. The number of aromatic nitrogens is 3. The molecule has 1 fully saturated rings. The minimum Gasteiger partial charge on any atom is -0.361 e. The van der Waals surface area contributed by atoms with Crippen LogP contribution in [0.3, 0.4) is 0 Å². The van der Waals surface area contributed by atoms with Crippen molar-refractivity contribution in [2.45, 2.75) is 39.7 Å². The van der Waals surface area contributed by atoms with E-state index < -0.39 is 0 Å². The molecule has 1 aliphatic heterocycles. The molecule has 3 heterocycles. The van der Waals surface area contributed by atoms with Gasteiger partial charge in [-0.15, -0.1) is 0 Å². The highest BCUT2D eigenvalue weighted by molar-refractivity contribution is 5.89. The van der Waals surface area contributed by atoms with Gasteiger partial charge in [-0.2, -0.15) is 0 Å². The van der Waals surface area contributed by atoms with Crippen molar-refractivity contribution >= 4 is 11.7 Å². The first-order chi connectivity index (χ1) is 12.3. The highest BCUT2D eigenvalue weighted by Crippen LogP contribution is 2.18. The summed E-state index contributed by atoms with van der Waals surface area (Å²) in [4.78, 5) is 25.2. The normalized spacial score (nSPS) is 15.9. The molecule has 1 saturated heterocycles. The van der Waals surface area contributed by atoms with Gasteiger partial charge in [-0.05, 0) is 6.92 Å². The molecule has 8 heteroatoms. The van der Waals surface area contributed by atoms with Gasteiger partial charge < -0.3 is 14.7 Å². The van der Waals surface area contributed by atoms with Crippen LogP contribution in [0, 0.1) is 6.92 Å². The summed E-state index contributed by atoms with van der Waals surface area (Å²) in [5.41, 5.74) is 1.43. The fraction of sp³-hybridized carbons (Fsp3) is 0.556. The van der Waals surface area contributed by atoms with Crippen LogP contribution >= 0.6 is 0 Å². The van der Waals surface area contributed by atoms with E-state index in [2.05, 4.69) is 46.1 Å². The predicted octanol–water partition coefficient (Wildman–Crippen LogP) is 2.42. The number of nitrogens with one attached hydrogen (secondary N) is 1. The van der Waals surface area contributed by atoms with E-state index in [1.165, 1.54) is 0 Å². The number of rotatable bonds is 3. The van der Waals surface area contributed by atoms with Gasteiger partial charge in [0.1, 0.15) is 11.6 Å². The molecule has 0 atom stereocenters. The number of hydrogen-bond donors (Lipinski definition) is 1. The fourth-order valence-electron chi connectivity index (χ4n) is 2.81. The Hall–Kier alpha value is -2.48. The molecule has 0 aliphatic carbocycles. The van der Waals surface area contributed by atoms with Crippen molar-refractivity contribution in [1.29, 1.82) is 0 Å². The number of hydrogen-bond acceptors (Lipinski definition) is 6. The summed E-state index contributed by atoms with van der Waals surface area (Å²) in [6.07, 6.45) is 3.32. The number of amides is 2. The molecule has 2 amide bonds. The quantitative estimate of drug-likeness (QED) is 0.907. The molecule has 1 aliphatic rings. The molecule has 0 aromatic carbocycles. The molecule has 2 aromatic rings. The number of piperazine rings is 1. The largest absolute Gasteiger partial charge is 0.361 e. The zero-order chi connectivity index (χ0) is 18.7. The van der Waals surface area contributed by atoms with Crippen LogP contribution in [-0.2, 0) is 12.0 Å². The second-order valence-electron chi connectivity index (χ2n) is 7.67. The van der Waals surface area contributed by atoms with E-state index >= 15 is 0 Å². The topological polar surface area (TPSA) is 87.4 Å². The Kier molecular flexibility index (Phi) is 5.22. The van der Waals surface area contributed by atoms with E-state index in [-0.39, 0.29) is 11.4 Å². The van der Waals surface area contributed by atoms with E-state index in [0.29, 0.717) is 18.8 Å². The van der Waals surface area contributed by atoms with Crippen molar-refractivity contribution < 1.29 is 9.32 Å². The van der Waals surface area contributed by atoms with Crippen LogP contribution in [0.1, 0.15) is 38.0 Å². The van der Waals surface area contributed by atoms with Crippen LogP contribution in [0.25, 0.3) is 0 Å². The Bertz CT molecular complexity index is 742. The van der Waals surface area contributed by atoms with Crippen LogP contribution in [-0.4, -0.2) is 57.1 Å². The smallest absolute Gasteiger partial charge is 0.322 e. The Labute approximate surface area is 153 Å². The molecule has 8 nitrogen and oxygen atoms in total. The lowest BCUT2D eigenvalue weighted by Crippen LogP contribution is -2.49. The number of carbonyl (C=O) groups excluding carboxylic acids is 1. The van der Waals surface area contributed by atoms with Crippen LogP contribution in [0.5, 0.6) is 0 Å². The highest BCUT2D eigenvalue weighted by Gasteiger charge is 2.22. The summed E-state index contributed by atoms with van der Waals surface area (Å²) < 4.78 is 5.10. The van der Waals surface area contributed by atoms with E-state index in [0.717, 1.165) is 36.9 Å². The Morgan fingerprint density at radius 1 is 1.19 bits per heavy atom. The maximum absolute atomic E-state index is 12.4. The molecule has 0 bridgehead atoms. The lowest BCUT2D eigenvalue weighted by atomic mass is 9.96. The first-order valence-corrected chi connectivity index (χ1v) is 8.84. The monoisotopic (exact) mass is 358 g/mol. The second-order valence-corrected chi connectivity index (χ2v) is 7.67. The number of carbonyl (C=O) groups is 1. The maximum atomic E-state index is 12.4. The Morgan fingerprint density at radius 2 is 1.85 bits per heavy atom. The van der Waals surface area contributed by atoms with Crippen molar-refractivity contribution in [3.05, 3.63) is 35.7 Å². The third kappa shape index (κ3) is 4.57. The number of urea groups is 1. The number of nitrogens with zero attached hydrogens (tertiary/aromatic N) is 5. The Balaban J connectivity index is 1.49. The summed E-state index contributed by atoms with van der Waals surface area (Å²) in [7, 11) is 0.